The molecule has 1 saturated carbocycles. The maximum Gasteiger partial charge on any atom is 0.307 e. The number of nitrogens with one attached hydrogen (secondary N) is 1. The average molecular weight is 293 g/mol. The van der Waals surface area contributed by atoms with Crippen LogP contribution in [0.4, 0.5) is 0 Å². The van der Waals surface area contributed by atoms with Crippen LogP contribution in [-0.4, -0.2) is 23.5 Å². The second-order valence-corrected chi connectivity index (χ2v) is 6.40. The monoisotopic (exact) mass is 293 g/mol. The number of carboxylic acids is 1. The molecular formula is C17H27NO3. The molecule has 0 aromatic carbocycles. The average Bonchev–Trinajstić information content (AvgIpc) is 3.06. The molecule has 0 spiro atoms. The van der Waals surface area contributed by atoms with Crippen molar-refractivity contribution in [2.24, 2.45) is 23.7 Å². The molecule has 0 saturated heterocycles. The highest BCUT2D eigenvalue weighted by Crippen LogP contribution is 2.48. The fourth-order valence-electron chi connectivity index (χ4n) is 3.75. The van der Waals surface area contributed by atoms with Gasteiger partial charge in [0.05, 0.1) is 11.8 Å². The predicted molar refractivity (Wildman–Crippen MR) is 81.7 cm³/mol. The van der Waals surface area contributed by atoms with Crippen molar-refractivity contribution < 1.29 is 14.7 Å². The lowest BCUT2D eigenvalue weighted by molar-refractivity contribution is -0.147. The van der Waals surface area contributed by atoms with Crippen molar-refractivity contribution in [3.05, 3.63) is 12.2 Å². The van der Waals surface area contributed by atoms with Crippen molar-refractivity contribution >= 4 is 11.9 Å². The zero-order chi connectivity index (χ0) is 15.2. The Balaban J connectivity index is 1.71. The molecule has 0 aromatic rings. The van der Waals surface area contributed by atoms with Crippen LogP contribution in [0.3, 0.4) is 0 Å². The van der Waals surface area contributed by atoms with Crippen LogP contribution in [0.15, 0.2) is 12.2 Å². The van der Waals surface area contributed by atoms with E-state index in [0.717, 1.165) is 19.3 Å². The van der Waals surface area contributed by atoms with Crippen LogP contribution in [0, 0.1) is 23.7 Å². The number of carbonyl (C=O) groups is 2. The van der Waals surface area contributed by atoms with Crippen molar-refractivity contribution in [1.82, 2.24) is 5.32 Å². The fraction of sp³-hybridized carbons (Fsp3) is 0.765. The van der Waals surface area contributed by atoms with E-state index in [2.05, 4.69) is 12.2 Å². The Labute approximate surface area is 127 Å². The van der Waals surface area contributed by atoms with Crippen LogP contribution in [-0.2, 0) is 9.59 Å². The lowest BCUT2D eigenvalue weighted by atomic mass is 9.82. The third-order valence-electron chi connectivity index (χ3n) is 4.88. The number of fused-ring (bicyclic) bond motifs is 2. The van der Waals surface area contributed by atoms with Gasteiger partial charge < -0.3 is 10.4 Å². The van der Waals surface area contributed by atoms with Crippen LogP contribution in [0.2, 0.25) is 0 Å². The largest absolute Gasteiger partial charge is 0.481 e. The van der Waals surface area contributed by atoms with E-state index in [4.69, 9.17) is 0 Å². The number of aliphatic carboxylic acids is 1. The minimum atomic E-state index is -0.827. The van der Waals surface area contributed by atoms with Crippen molar-refractivity contribution in [3.63, 3.8) is 0 Å². The van der Waals surface area contributed by atoms with Crippen molar-refractivity contribution in [2.75, 3.05) is 6.54 Å². The van der Waals surface area contributed by atoms with E-state index in [1.165, 1.54) is 25.7 Å². The standard InChI is InChI=1S/C17H27NO3/c1-2-3-4-5-6-7-10-18-16(19)14-12-8-9-13(11-12)15(14)17(20)21/h8-9,12-15H,2-7,10-11H2,1H3,(H,18,19)(H,20,21)/t12-,13-,14+,15-/m0/s1. The first kappa shape index (κ1) is 16.1. The molecule has 21 heavy (non-hydrogen) atoms. The minimum Gasteiger partial charge on any atom is -0.481 e. The number of unbranched alkanes of at least 4 members (excludes halogenated alkanes) is 5. The topological polar surface area (TPSA) is 66.4 Å². The molecule has 0 unspecified atom stereocenters. The second kappa shape index (κ2) is 7.62. The van der Waals surface area contributed by atoms with E-state index in [1.54, 1.807) is 0 Å². The van der Waals surface area contributed by atoms with Crippen LogP contribution < -0.4 is 5.32 Å². The molecule has 2 N–H and O–H groups in total. The first-order chi connectivity index (χ1) is 10.1. The van der Waals surface area contributed by atoms with E-state index >= 15 is 0 Å². The minimum absolute atomic E-state index is 0.0530. The summed E-state index contributed by atoms with van der Waals surface area (Å²) in [5.41, 5.74) is 0. The molecule has 4 atom stereocenters. The Morgan fingerprint density at radius 2 is 1.67 bits per heavy atom. The maximum atomic E-state index is 12.3. The molecule has 2 bridgehead atoms. The Hall–Kier alpha value is -1.32. The van der Waals surface area contributed by atoms with Gasteiger partial charge in [0.2, 0.25) is 5.91 Å². The van der Waals surface area contributed by atoms with E-state index in [-0.39, 0.29) is 23.7 Å². The molecule has 1 amide bonds. The SMILES string of the molecule is CCCCCCCCNC(=O)[C@H]1[C@@H](C(=O)O)[C@H]2C=C[C@H]1C2. The number of hydrogen-bond donors (Lipinski definition) is 2. The molecule has 4 nitrogen and oxygen atoms in total. The van der Waals surface area contributed by atoms with Crippen molar-refractivity contribution in [2.45, 2.75) is 51.9 Å². The molecular weight excluding hydrogens is 266 g/mol. The Kier molecular flexibility index (Phi) is 5.83. The molecule has 0 radical (unpaired) electrons. The third kappa shape index (κ3) is 3.86. The van der Waals surface area contributed by atoms with Crippen LogP contribution in [0.25, 0.3) is 0 Å². The van der Waals surface area contributed by atoms with Crippen LogP contribution in [0.5, 0.6) is 0 Å². The van der Waals surface area contributed by atoms with Crippen molar-refractivity contribution in [3.8, 4) is 0 Å². The third-order valence-corrected chi connectivity index (χ3v) is 4.88. The highest BCUT2D eigenvalue weighted by molar-refractivity contribution is 5.86. The maximum absolute atomic E-state index is 12.3. The van der Waals surface area contributed by atoms with Crippen LogP contribution >= 0.6 is 0 Å². The van der Waals surface area contributed by atoms with Crippen molar-refractivity contribution in [1.29, 1.82) is 0 Å². The number of allylic oxidation sites excluding steroid dienone is 2. The van der Waals surface area contributed by atoms with Gasteiger partial charge in [-0.1, -0.05) is 51.2 Å². The van der Waals surface area contributed by atoms with E-state index in [1.807, 2.05) is 12.2 Å². The molecule has 2 aliphatic rings. The van der Waals surface area contributed by atoms with Gasteiger partial charge in [0.1, 0.15) is 0 Å². The quantitative estimate of drug-likeness (QED) is 0.507. The molecule has 0 aliphatic heterocycles. The Morgan fingerprint density at radius 3 is 2.33 bits per heavy atom. The smallest absolute Gasteiger partial charge is 0.307 e. The number of hydrogen-bond acceptors (Lipinski definition) is 2. The Bertz CT molecular complexity index is 405. The highest BCUT2D eigenvalue weighted by Gasteiger charge is 2.51. The molecule has 4 heteroatoms. The number of rotatable bonds is 9. The first-order valence-corrected chi connectivity index (χ1v) is 8.34. The summed E-state index contributed by atoms with van der Waals surface area (Å²) in [6.07, 6.45) is 12.0. The van der Waals surface area contributed by atoms with Gasteiger partial charge in [0.15, 0.2) is 0 Å². The van der Waals surface area contributed by atoms with Gasteiger partial charge in [-0.25, -0.2) is 0 Å². The summed E-state index contributed by atoms with van der Waals surface area (Å²) in [4.78, 5) is 23.6. The van der Waals surface area contributed by atoms with Crippen LogP contribution in [0.1, 0.15) is 51.9 Å². The number of amides is 1. The number of carboxylic acid groups (broad SMARTS) is 1. The zero-order valence-electron chi connectivity index (χ0n) is 12.9. The normalized spacial score (nSPS) is 29.8. The summed E-state index contributed by atoms with van der Waals surface area (Å²) in [5.74, 6) is -1.60. The molecule has 2 rings (SSSR count). The fourth-order valence-corrected chi connectivity index (χ4v) is 3.75. The predicted octanol–water partition coefficient (Wildman–Crippen LogP) is 2.99. The lowest BCUT2D eigenvalue weighted by Gasteiger charge is -2.23. The van der Waals surface area contributed by atoms with E-state index in [0.29, 0.717) is 6.54 Å². The van der Waals surface area contributed by atoms with Gasteiger partial charge in [0.25, 0.3) is 0 Å². The van der Waals surface area contributed by atoms with E-state index in [9.17, 15) is 14.7 Å². The van der Waals surface area contributed by atoms with Gasteiger partial charge in [-0.15, -0.1) is 0 Å². The summed E-state index contributed by atoms with van der Waals surface area (Å²) in [5, 5.41) is 12.3. The molecule has 2 aliphatic carbocycles. The second-order valence-electron chi connectivity index (χ2n) is 6.40. The molecule has 1 fully saturated rings. The molecule has 0 aromatic heterocycles. The first-order valence-electron chi connectivity index (χ1n) is 8.34. The Morgan fingerprint density at radius 1 is 1.05 bits per heavy atom. The zero-order valence-corrected chi connectivity index (χ0v) is 12.9. The highest BCUT2D eigenvalue weighted by atomic mass is 16.4. The van der Waals surface area contributed by atoms with Gasteiger partial charge in [-0.05, 0) is 24.7 Å². The van der Waals surface area contributed by atoms with E-state index < -0.39 is 11.9 Å². The molecule has 118 valence electrons. The summed E-state index contributed by atoms with van der Waals surface area (Å²) in [7, 11) is 0. The van der Waals surface area contributed by atoms with Gasteiger partial charge >= 0.3 is 5.97 Å². The summed E-state index contributed by atoms with van der Waals surface area (Å²) in [6, 6.07) is 0. The summed E-state index contributed by atoms with van der Waals surface area (Å²) >= 11 is 0. The van der Waals surface area contributed by atoms with Gasteiger partial charge in [-0.3, -0.25) is 9.59 Å². The lowest BCUT2D eigenvalue weighted by Crippen LogP contribution is -2.40. The van der Waals surface area contributed by atoms with Gasteiger partial charge in [-0.2, -0.15) is 0 Å². The number of carbonyl (C=O) groups excluding carboxylic acids is 1. The molecule has 0 heterocycles. The summed E-state index contributed by atoms with van der Waals surface area (Å²) in [6.45, 7) is 2.87. The van der Waals surface area contributed by atoms with Gasteiger partial charge in [0, 0.05) is 6.54 Å². The summed E-state index contributed by atoms with van der Waals surface area (Å²) < 4.78 is 0.